The van der Waals surface area contributed by atoms with E-state index in [1.54, 1.807) is 24.3 Å². The van der Waals surface area contributed by atoms with Gasteiger partial charge in [0.1, 0.15) is 0 Å². The maximum absolute atomic E-state index is 12.8. The number of anilines is 1. The van der Waals surface area contributed by atoms with Crippen molar-refractivity contribution in [2.45, 2.75) is 48.5 Å². The van der Waals surface area contributed by atoms with Crippen LogP contribution in [0.3, 0.4) is 0 Å². The molecule has 1 saturated heterocycles. The van der Waals surface area contributed by atoms with E-state index in [1.165, 1.54) is 24.0 Å². The second-order valence-corrected chi connectivity index (χ2v) is 10.1. The van der Waals surface area contributed by atoms with Crippen molar-refractivity contribution in [3.05, 3.63) is 59.2 Å². The fraction of sp³-hybridized carbons (Fsp3) is 0.455. The largest absolute Gasteiger partial charge is 0.384 e. The Morgan fingerprint density at radius 2 is 2.00 bits per heavy atom. The Kier molecular flexibility index (Phi) is 4.27. The summed E-state index contributed by atoms with van der Waals surface area (Å²) < 4.78 is 31.3. The van der Waals surface area contributed by atoms with Gasteiger partial charge in [-0.3, -0.25) is 4.18 Å². The number of hydrogen-bond acceptors (Lipinski definition) is 5. The molecule has 2 aromatic rings. The minimum Gasteiger partial charge on any atom is -0.384 e. The van der Waals surface area contributed by atoms with Crippen LogP contribution in [-0.2, 0) is 19.7 Å². The summed E-state index contributed by atoms with van der Waals surface area (Å²) >= 11 is 0. The lowest BCUT2D eigenvalue weighted by Crippen LogP contribution is -2.51. The number of benzene rings is 2. The van der Waals surface area contributed by atoms with Crippen molar-refractivity contribution in [2.24, 2.45) is 0 Å². The average molecular weight is 399 g/mol. The zero-order valence-corrected chi connectivity index (χ0v) is 16.9. The Labute approximate surface area is 166 Å². The smallest absolute Gasteiger partial charge is 0.297 e. The van der Waals surface area contributed by atoms with Gasteiger partial charge in [0.05, 0.1) is 11.5 Å². The molecular formula is C22H26N2O3S. The van der Waals surface area contributed by atoms with Gasteiger partial charge in [-0.1, -0.05) is 29.8 Å². The normalized spacial score (nSPS) is 28.3. The second kappa shape index (κ2) is 6.58. The van der Waals surface area contributed by atoms with Crippen LogP contribution in [0, 0.1) is 6.92 Å². The van der Waals surface area contributed by atoms with Gasteiger partial charge < -0.3 is 10.6 Å². The summed E-state index contributed by atoms with van der Waals surface area (Å²) in [6, 6.07) is 13.7. The summed E-state index contributed by atoms with van der Waals surface area (Å²) in [6.07, 6.45) is 3.27. The summed E-state index contributed by atoms with van der Waals surface area (Å²) in [7, 11) is -3.78. The van der Waals surface area contributed by atoms with Gasteiger partial charge in [0.2, 0.25) is 0 Å². The molecule has 0 radical (unpaired) electrons. The van der Waals surface area contributed by atoms with Crippen molar-refractivity contribution in [3.8, 4) is 0 Å². The molecule has 0 spiro atoms. The molecule has 3 aliphatic rings. The summed E-state index contributed by atoms with van der Waals surface area (Å²) in [5.74, 6) is 0.505. The van der Waals surface area contributed by atoms with E-state index in [-0.39, 0.29) is 16.9 Å². The topological polar surface area (TPSA) is 67.4 Å². The summed E-state index contributed by atoms with van der Waals surface area (Å²) in [4.78, 5) is 0.221. The highest BCUT2D eigenvalue weighted by molar-refractivity contribution is 7.86. The van der Waals surface area contributed by atoms with E-state index in [2.05, 4.69) is 28.8 Å². The van der Waals surface area contributed by atoms with E-state index >= 15 is 0 Å². The van der Waals surface area contributed by atoms with Crippen LogP contribution in [-0.4, -0.2) is 34.2 Å². The van der Waals surface area contributed by atoms with Gasteiger partial charge in [0.15, 0.2) is 0 Å². The Balaban J connectivity index is 1.48. The Morgan fingerprint density at radius 3 is 2.82 bits per heavy atom. The molecule has 148 valence electrons. The van der Waals surface area contributed by atoms with Crippen LogP contribution in [0.25, 0.3) is 0 Å². The van der Waals surface area contributed by atoms with Crippen molar-refractivity contribution >= 4 is 15.8 Å². The molecule has 0 amide bonds. The molecule has 28 heavy (non-hydrogen) atoms. The number of nitrogens with one attached hydrogen (secondary N) is 2. The molecule has 3 atom stereocenters. The van der Waals surface area contributed by atoms with Crippen molar-refractivity contribution in [1.29, 1.82) is 0 Å². The highest BCUT2D eigenvalue weighted by atomic mass is 32.2. The first kappa shape index (κ1) is 18.2. The van der Waals surface area contributed by atoms with Crippen LogP contribution in [0.1, 0.15) is 41.9 Å². The number of fused-ring (bicyclic) bond motifs is 2. The van der Waals surface area contributed by atoms with Gasteiger partial charge in [-0.25, -0.2) is 0 Å². The molecule has 1 aliphatic carbocycles. The van der Waals surface area contributed by atoms with E-state index in [0.717, 1.165) is 24.2 Å². The van der Waals surface area contributed by atoms with E-state index in [1.807, 2.05) is 6.92 Å². The lowest BCUT2D eigenvalue weighted by atomic mass is 9.64. The molecule has 0 aromatic heterocycles. The average Bonchev–Trinajstić information content (AvgIpc) is 3.07. The van der Waals surface area contributed by atoms with E-state index in [9.17, 15) is 8.42 Å². The van der Waals surface area contributed by atoms with Gasteiger partial charge in [-0.2, -0.15) is 8.42 Å². The van der Waals surface area contributed by atoms with Gasteiger partial charge in [0.25, 0.3) is 10.1 Å². The number of piperidine rings is 1. The lowest BCUT2D eigenvalue weighted by molar-refractivity contribution is 0.175. The molecule has 0 bridgehead atoms. The number of hydrogen-bond donors (Lipinski definition) is 2. The maximum atomic E-state index is 12.8. The standard InChI is InChI=1S/C22H26N2O3S/c1-15-7-9-16(10-8-15)28(25,26)27-14-22-12-20-17(5-3-11-23-20)18-4-2-6-19(21(18)22)24-13-22/h2,4,6-10,17,20,23-24H,3,5,11-14H2,1H3/t17-,20-,22?/m1/s1. The van der Waals surface area contributed by atoms with Crippen LogP contribution in [0.15, 0.2) is 47.4 Å². The second-order valence-electron chi connectivity index (χ2n) is 8.45. The summed E-state index contributed by atoms with van der Waals surface area (Å²) in [5.41, 5.74) is 4.49. The van der Waals surface area contributed by atoms with Crippen LogP contribution < -0.4 is 10.6 Å². The van der Waals surface area contributed by atoms with E-state index in [0.29, 0.717) is 18.5 Å². The molecule has 5 rings (SSSR count). The monoisotopic (exact) mass is 398 g/mol. The Morgan fingerprint density at radius 1 is 1.18 bits per heavy atom. The third-order valence-corrected chi connectivity index (χ3v) is 7.92. The molecule has 2 aliphatic heterocycles. The minimum absolute atomic E-state index is 0.172. The van der Waals surface area contributed by atoms with E-state index < -0.39 is 10.1 Å². The minimum atomic E-state index is -3.78. The summed E-state index contributed by atoms with van der Waals surface area (Å²) in [6.45, 7) is 3.86. The first-order valence-corrected chi connectivity index (χ1v) is 11.5. The van der Waals surface area contributed by atoms with Gasteiger partial charge in [-0.05, 0) is 68.0 Å². The molecule has 1 fully saturated rings. The van der Waals surface area contributed by atoms with Crippen LogP contribution in [0.4, 0.5) is 5.69 Å². The molecule has 0 saturated carbocycles. The lowest BCUT2D eigenvalue weighted by Gasteiger charge is -2.45. The van der Waals surface area contributed by atoms with Crippen molar-refractivity contribution in [1.82, 2.24) is 5.32 Å². The third-order valence-electron chi connectivity index (χ3n) is 6.64. The summed E-state index contributed by atoms with van der Waals surface area (Å²) in [5, 5.41) is 7.19. The molecule has 2 N–H and O–H groups in total. The Bertz CT molecular complexity index is 1000. The zero-order chi connectivity index (χ0) is 19.4. The van der Waals surface area contributed by atoms with E-state index in [4.69, 9.17) is 4.18 Å². The van der Waals surface area contributed by atoms with Crippen LogP contribution in [0.2, 0.25) is 0 Å². The van der Waals surface area contributed by atoms with Gasteiger partial charge in [0, 0.05) is 23.7 Å². The predicted octanol–water partition coefficient (Wildman–Crippen LogP) is 3.30. The number of aryl methyl sites for hydroxylation is 1. The van der Waals surface area contributed by atoms with Crippen LogP contribution >= 0.6 is 0 Å². The molecule has 1 unspecified atom stereocenters. The molecule has 2 aromatic carbocycles. The van der Waals surface area contributed by atoms with Crippen molar-refractivity contribution in [3.63, 3.8) is 0 Å². The quantitative estimate of drug-likeness (QED) is 0.774. The SMILES string of the molecule is Cc1ccc(S(=O)(=O)OCC23CNc4cccc(c42)[C@H]2CCCN[C@@H]2C3)cc1. The van der Waals surface area contributed by atoms with Gasteiger partial charge >= 0.3 is 0 Å². The third kappa shape index (κ3) is 2.86. The van der Waals surface area contributed by atoms with Crippen molar-refractivity contribution < 1.29 is 12.6 Å². The highest BCUT2D eigenvalue weighted by Crippen LogP contribution is 2.52. The molecule has 5 nitrogen and oxygen atoms in total. The fourth-order valence-corrected chi connectivity index (χ4v) is 6.24. The molecule has 2 heterocycles. The highest BCUT2D eigenvalue weighted by Gasteiger charge is 2.50. The fourth-order valence-electron chi connectivity index (χ4n) is 5.25. The first-order chi connectivity index (χ1) is 13.5. The maximum Gasteiger partial charge on any atom is 0.297 e. The predicted molar refractivity (Wildman–Crippen MR) is 109 cm³/mol. The van der Waals surface area contributed by atoms with Crippen LogP contribution in [0.5, 0.6) is 0 Å². The number of rotatable bonds is 4. The zero-order valence-electron chi connectivity index (χ0n) is 16.1. The first-order valence-electron chi connectivity index (χ1n) is 10.1. The molecule has 6 heteroatoms. The van der Waals surface area contributed by atoms with Gasteiger partial charge in [-0.15, -0.1) is 0 Å². The molecular weight excluding hydrogens is 372 g/mol. The van der Waals surface area contributed by atoms with Crippen molar-refractivity contribution in [2.75, 3.05) is 25.0 Å². The Hall–Kier alpha value is -1.89.